The molecule has 0 radical (unpaired) electrons. The van der Waals surface area contributed by atoms with Crippen molar-refractivity contribution in [1.29, 1.82) is 0 Å². The van der Waals surface area contributed by atoms with Crippen LogP contribution in [0.5, 0.6) is 0 Å². The van der Waals surface area contributed by atoms with E-state index in [1.807, 2.05) is 0 Å². The van der Waals surface area contributed by atoms with E-state index in [0.29, 0.717) is 6.04 Å². The Labute approximate surface area is 117 Å². The molecule has 1 saturated heterocycles. The number of anilines is 2. The Bertz CT molecular complexity index is 566. The monoisotopic (exact) mass is 276 g/mol. The van der Waals surface area contributed by atoms with Gasteiger partial charge in [-0.3, -0.25) is 0 Å². The van der Waals surface area contributed by atoms with E-state index in [0.717, 1.165) is 36.1 Å². The highest BCUT2D eigenvalue weighted by molar-refractivity contribution is 7.16. The van der Waals surface area contributed by atoms with Crippen molar-refractivity contribution in [2.75, 3.05) is 23.3 Å². The summed E-state index contributed by atoms with van der Waals surface area (Å²) in [4.78, 5) is 12.9. The third-order valence-corrected chi connectivity index (χ3v) is 4.47. The van der Waals surface area contributed by atoms with Gasteiger partial charge in [0.15, 0.2) is 0 Å². The lowest BCUT2D eigenvalue weighted by Crippen LogP contribution is -2.27. The minimum absolute atomic E-state index is 0.581. The summed E-state index contributed by atoms with van der Waals surface area (Å²) in [5, 5.41) is 6.61. The summed E-state index contributed by atoms with van der Waals surface area (Å²) in [6.45, 7) is 6.47. The summed E-state index contributed by atoms with van der Waals surface area (Å²) in [5.74, 6) is 1.88. The largest absolute Gasteiger partial charge is 0.354 e. The Morgan fingerprint density at radius 3 is 3.11 bits per heavy atom. The van der Waals surface area contributed by atoms with Gasteiger partial charge in [-0.15, -0.1) is 11.3 Å². The SMILES string of the molecule is CCCNc1nc(N2CCCC2C)c2ccsc2n1. The van der Waals surface area contributed by atoms with E-state index < -0.39 is 0 Å². The summed E-state index contributed by atoms with van der Waals surface area (Å²) < 4.78 is 0. The molecule has 0 bridgehead atoms. The molecule has 0 aromatic carbocycles. The topological polar surface area (TPSA) is 41.1 Å². The molecule has 1 unspecified atom stereocenters. The number of thiophene rings is 1. The zero-order valence-corrected chi connectivity index (χ0v) is 12.3. The molecule has 2 aromatic heterocycles. The number of nitrogens with zero attached hydrogens (tertiary/aromatic N) is 3. The zero-order valence-electron chi connectivity index (χ0n) is 11.5. The highest BCUT2D eigenvalue weighted by atomic mass is 32.1. The van der Waals surface area contributed by atoms with Crippen molar-refractivity contribution in [2.24, 2.45) is 0 Å². The Hall–Kier alpha value is -1.36. The number of rotatable bonds is 4. The maximum absolute atomic E-state index is 4.75. The standard InChI is InChI=1S/C14H20N4S/c1-3-7-15-14-16-12(18-8-4-5-10(18)2)11-6-9-19-13(11)17-14/h6,9-10H,3-5,7-8H2,1-2H3,(H,15,16,17). The third kappa shape index (κ3) is 2.39. The average molecular weight is 276 g/mol. The van der Waals surface area contributed by atoms with Crippen LogP contribution >= 0.6 is 11.3 Å². The van der Waals surface area contributed by atoms with Gasteiger partial charge >= 0.3 is 0 Å². The Morgan fingerprint density at radius 2 is 2.37 bits per heavy atom. The molecule has 0 spiro atoms. The molecule has 2 aromatic rings. The summed E-state index contributed by atoms with van der Waals surface area (Å²) in [6, 6.07) is 2.72. The maximum atomic E-state index is 4.75. The fourth-order valence-corrected chi connectivity index (χ4v) is 3.38. The van der Waals surface area contributed by atoms with E-state index in [9.17, 15) is 0 Å². The van der Waals surface area contributed by atoms with E-state index in [2.05, 4.69) is 40.5 Å². The van der Waals surface area contributed by atoms with Crippen LogP contribution in [0.2, 0.25) is 0 Å². The summed E-state index contributed by atoms with van der Waals surface area (Å²) >= 11 is 1.69. The van der Waals surface area contributed by atoms with Gasteiger partial charge < -0.3 is 10.2 Å². The molecule has 1 N–H and O–H groups in total. The molecule has 102 valence electrons. The normalized spacial score (nSPS) is 19.3. The van der Waals surface area contributed by atoms with Gasteiger partial charge in [-0.2, -0.15) is 4.98 Å². The van der Waals surface area contributed by atoms with Gasteiger partial charge in [-0.05, 0) is 37.6 Å². The first kappa shape index (κ1) is 12.7. The van der Waals surface area contributed by atoms with Crippen molar-refractivity contribution in [2.45, 2.75) is 39.2 Å². The molecule has 1 aliphatic heterocycles. The Balaban J connectivity index is 2.02. The second-order valence-corrected chi connectivity index (χ2v) is 6.02. The number of nitrogens with one attached hydrogen (secondary N) is 1. The Kier molecular flexibility index (Phi) is 3.55. The van der Waals surface area contributed by atoms with Crippen molar-refractivity contribution >= 4 is 33.3 Å². The number of fused-ring (bicyclic) bond motifs is 1. The van der Waals surface area contributed by atoms with Crippen LogP contribution in [0, 0.1) is 0 Å². The van der Waals surface area contributed by atoms with Crippen LogP contribution in [0.15, 0.2) is 11.4 Å². The van der Waals surface area contributed by atoms with Crippen LogP contribution in [0.1, 0.15) is 33.1 Å². The summed E-state index contributed by atoms with van der Waals surface area (Å²) in [6.07, 6.45) is 3.60. The minimum Gasteiger partial charge on any atom is -0.354 e. The van der Waals surface area contributed by atoms with Crippen molar-refractivity contribution in [1.82, 2.24) is 9.97 Å². The summed E-state index contributed by atoms with van der Waals surface area (Å²) in [5.41, 5.74) is 0. The number of hydrogen-bond donors (Lipinski definition) is 1. The predicted octanol–water partition coefficient (Wildman–Crippen LogP) is 3.50. The highest BCUT2D eigenvalue weighted by Gasteiger charge is 2.24. The first-order valence-corrected chi connectivity index (χ1v) is 7.93. The van der Waals surface area contributed by atoms with Gasteiger partial charge in [0.2, 0.25) is 5.95 Å². The van der Waals surface area contributed by atoms with Gasteiger partial charge in [0, 0.05) is 19.1 Å². The van der Waals surface area contributed by atoms with Crippen molar-refractivity contribution in [3.63, 3.8) is 0 Å². The molecular formula is C14H20N4S. The molecule has 5 heteroatoms. The van der Waals surface area contributed by atoms with Crippen LogP contribution in [0.25, 0.3) is 10.2 Å². The molecule has 1 aliphatic rings. The first-order chi connectivity index (χ1) is 9.29. The van der Waals surface area contributed by atoms with Crippen molar-refractivity contribution in [3.05, 3.63) is 11.4 Å². The van der Waals surface area contributed by atoms with Gasteiger partial charge in [-0.1, -0.05) is 6.92 Å². The fourth-order valence-electron chi connectivity index (χ4n) is 2.62. The molecule has 3 heterocycles. The maximum Gasteiger partial charge on any atom is 0.226 e. The third-order valence-electron chi connectivity index (χ3n) is 3.66. The van der Waals surface area contributed by atoms with Crippen molar-refractivity contribution in [3.8, 4) is 0 Å². The van der Waals surface area contributed by atoms with Crippen LogP contribution in [0.3, 0.4) is 0 Å². The summed E-state index contributed by atoms with van der Waals surface area (Å²) in [7, 11) is 0. The number of hydrogen-bond acceptors (Lipinski definition) is 5. The van der Waals surface area contributed by atoms with Gasteiger partial charge in [0.25, 0.3) is 0 Å². The minimum atomic E-state index is 0.581. The second kappa shape index (κ2) is 5.33. The van der Waals surface area contributed by atoms with Crippen LogP contribution in [-0.2, 0) is 0 Å². The molecule has 3 rings (SSSR count). The fraction of sp³-hybridized carbons (Fsp3) is 0.571. The van der Waals surface area contributed by atoms with E-state index in [1.54, 1.807) is 11.3 Å². The Morgan fingerprint density at radius 1 is 1.47 bits per heavy atom. The molecular weight excluding hydrogens is 256 g/mol. The quantitative estimate of drug-likeness (QED) is 0.928. The van der Waals surface area contributed by atoms with E-state index in [-0.39, 0.29) is 0 Å². The predicted molar refractivity (Wildman–Crippen MR) is 82.2 cm³/mol. The van der Waals surface area contributed by atoms with Gasteiger partial charge in [-0.25, -0.2) is 4.98 Å². The van der Waals surface area contributed by atoms with Gasteiger partial charge in [0.05, 0.1) is 5.39 Å². The lowest BCUT2D eigenvalue weighted by Gasteiger charge is -2.23. The molecule has 0 saturated carbocycles. The first-order valence-electron chi connectivity index (χ1n) is 7.05. The van der Waals surface area contributed by atoms with Crippen LogP contribution < -0.4 is 10.2 Å². The molecule has 0 aliphatic carbocycles. The molecule has 1 atom stereocenters. The van der Waals surface area contributed by atoms with Crippen LogP contribution in [-0.4, -0.2) is 29.1 Å². The smallest absolute Gasteiger partial charge is 0.226 e. The lowest BCUT2D eigenvalue weighted by molar-refractivity contribution is 0.729. The van der Waals surface area contributed by atoms with Gasteiger partial charge in [0.1, 0.15) is 10.6 Å². The highest BCUT2D eigenvalue weighted by Crippen LogP contribution is 2.33. The zero-order chi connectivity index (χ0) is 13.2. The second-order valence-electron chi connectivity index (χ2n) is 5.12. The van der Waals surface area contributed by atoms with E-state index in [4.69, 9.17) is 4.98 Å². The van der Waals surface area contributed by atoms with E-state index in [1.165, 1.54) is 18.2 Å². The lowest BCUT2D eigenvalue weighted by atomic mass is 10.2. The van der Waals surface area contributed by atoms with Crippen LogP contribution in [0.4, 0.5) is 11.8 Å². The number of aromatic nitrogens is 2. The molecule has 4 nitrogen and oxygen atoms in total. The molecule has 0 amide bonds. The average Bonchev–Trinajstić information content (AvgIpc) is 3.03. The van der Waals surface area contributed by atoms with Crippen molar-refractivity contribution < 1.29 is 0 Å². The molecule has 1 fully saturated rings. The molecule has 19 heavy (non-hydrogen) atoms. The van der Waals surface area contributed by atoms with E-state index >= 15 is 0 Å².